The molecule has 0 spiro atoms. The van der Waals surface area contributed by atoms with Gasteiger partial charge < -0.3 is 4.42 Å². The highest BCUT2D eigenvalue weighted by atomic mass is 32.1. The molecule has 2 heterocycles. The van der Waals surface area contributed by atoms with E-state index in [9.17, 15) is 22.8 Å². The molecule has 0 atom stereocenters. The first kappa shape index (κ1) is 20.5. The van der Waals surface area contributed by atoms with Crippen molar-refractivity contribution in [3.63, 3.8) is 0 Å². The highest BCUT2D eigenvalue weighted by Crippen LogP contribution is 2.33. The molecule has 0 aliphatic carbocycles. The van der Waals surface area contributed by atoms with Crippen molar-refractivity contribution in [1.82, 2.24) is 5.32 Å². The Hall–Kier alpha value is -3.72. The molecular formula is C22H13F3N2O3S. The zero-order chi connectivity index (χ0) is 22.2. The summed E-state index contributed by atoms with van der Waals surface area (Å²) >= 11 is 5.03. The van der Waals surface area contributed by atoms with Gasteiger partial charge in [-0.2, -0.15) is 13.2 Å². The predicted octanol–water partition coefficient (Wildman–Crippen LogP) is 4.80. The Balaban J connectivity index is 1.68. The van der Waals surface area contributed by atoms with E-state index in [0.29, 0.717) is 5.76 Å². The van der Waals surface area contributed by atoms with E-state index in [1.165, 1.54) is 12.1 Å². The number of amides is 2. The number of carbonyl (C=O) groups is 2. The van der Waals surface area contributed by atoms with E-state index in [2.05, 4.69) is 5.32 Å². The fourth-order valence-corrected chi connectivity index (χ4v) is 3.32. The second-order valence-electron chi connectivity index (χ2n) is 6.57. The predicted molar refractivity (Wildman–Crippen MR) is 112 cm³/mol. The van der Waals surface area contributed by atoms with Crippen LogP contribution in [0.2, 0.25) is 0 Å². The minimum absolute atomic E-state index is 0.111. The van der Waals surface area contributed by atoms with E-state index >= 15 is 0 Å². The average molecular weight is 442 g/mol. The maximum atomic E-state index is 13.1. The zero-order valence-corrected chi connectivity index (χ0v) is 16.5. The smallest absolute Gasteiger partial charge is 0.416 e. The Morgan fingerprint density at radius 3 is 2.42 bits per heavy atom. The molecule has 1 aliphatic heterocycles. The van der Waals surface area contributed by atoms with Crippen molar-refractivity contribution in [3.05, 3.63) is 83.6 Å². The fourth-order valence-electron chi connectivity index (χ4n) is 3.04. The summed E-state index contributed by atoms with van der Waals surface area (Å²) in [6, 6.07) is 16.6. The van der Waals surface area contributed by atoms with E-state index in [0.717, 1.165) is 28.7 Å². The third kappa shape index (κ3) is 4.13. The van der Waals surface area contributed by atoms with Gasteiger partial charge in [-0.1, -0.05) is 36.4 Å². The second-order valence-corrected chi connectivity index (χ2v) is 6.96. The summed E-state index contributed by atoms with van der Waals surface area (Å²) in [4.78, 5) is 26.2. The average Bonchev–Trinajstić information content (AvgIpc) is 3.20. The largest absolute Gasteiger partial charge is 0.457 e. The van der Waals surface area contributed by atoms with Gasteiger partial charge >= 0.3 is 6.18 Å². The van der Waals surface area contributed by atoms with Crippen LogP contribution in [0.15, 0.2) is 76.7 Å². The van der Waals surface area contributed by atoms with Crippen LogP contribution in [0.1, 0.15) is 11.3 Å². The molecule has 0 saturated carbocycles. The lowest BCUT2D eigenvalue weighted by atomic mass is 10.1. The molecule has 4 rings (SSSR count). The quantitative estimate of drug-likeness (QED) is 0.360. The van der Waals surface area contributed by atoms with Crippen molar-refractivity contribution >= 4 is 40.9 Å². The van der Waals surface area contributed by atoms with Gasteiger partial charge in [-0.05, 0) is 48.6 Å². The Labute approximate surface area is 179 Å². The molecular weight excluding hydrogens is 429 g/mol. The van der Waals surface area contributed by atoms with E-state index in [-0.39, 0.29) is 22.1 Å². The molecule has 9 heteroatoms. The summed E-state index contributed by atoms with van der Waals surface area (Å²) in [5.41, 5.74) is -0.569. The van der Waals surface area contributed by atoms with Crippen molar-refractivity contribution in [2.75, 3.05) is 4.90 Å². The molecule has 2 aromatic carbocycles. The number of furan rings is 1. The first-order valence-corrected chi connectivity index (χ1v) is 9.39. The zero-order valence-electron chi connectivity index (χ0n) is 15.6. The molecule has 1 aliphatic rings. The fraction of sp³-hybridized carbons (Fsp3) is 0.0455. The molecule has 3 aromatic rings. The number of alkyl halides is 3. The van der Waals surface area contributed by atoms with Crippen LogP contribution in [-0.4, -0.2) is 16.9 Å². The Morgan fingerprint density at radius 2 is 1.71 bits per heavy atom. The molecule has 156 valence electrons. The van der Waals surface area contributed by atoms with Crippen LogP contribution in [0.3, 0.4) is 0 Å². The van der Waals surface area contributed by atoms with Gasteiger partial charge in [0.15, 0.2) is 5.11 Å². The van der Waals surface area contributed by atoms with Gasteiger partial charge in [0.2, 0.25) is 0 Å². The van der Waals surface area contributed by atoms with Crippen LogP contribution in [-0.2, 0) is 15.8 Å². The number of carbonyl (C=O) groups excluding carboxylic acids is 2. The normalized spacial score (nSPS) is 16.0. The Bertz CT molecular complexity index is 1220. The summed E-state index contributed by atoms with van der Waals surface area (Å²) in [7, 11) is 0. The molecule has 1 fully saturated rings. The lowest BCUT2D eigenvalue weighted by Crippen LogP contribution is -2.54. The molecule has 1 saturated heterocycles. The summed E-state index contributed by atoms with van der Waals surface area (Å²) in [6.45, 7) is 0. The Morgan fingerprint density at radius 1 is 0.968 bits per heavy atom. The van der Waals surface area contributed by atoms with Crippen LogP contribution in [0.5, 0.6) is 0 Å². The summed E-state index contributed by atoms with van der Waals surface area (Å²) in [5.74, 6) is -0.864. The number of benzene rings is 2. The van der Waals surface area contributed by atoms with Crippen molar-refractivity contribution < 1.29 is 27.2 Å². The lowest BCUT2D eigenvalue weighted by Gasteiger charge is -2.29. The molecule has 0 radical (unpaired) electrons. The topological polar surface area (TPSA) is 62.6 Å². The van der Waals surface area contributed by atoms with Gasteiger partial charge in [0, 0.05) is 5.56 Å². The number of nitrogens with zero attached hydrogens (tertiary/aromatic N) is 1. The maximum Gasteiger partial charge on any atom is 0.416 e. The van der Waals surface area contributed by atoms with Crippen molar-refractivity contribution in [2.45, 2.75) is 6.18 Å². The number of halogens is 3. The van der Waals surface area contributed by atoms with E-state index < -0.39 is 23.6 Å². The molecule has 1 N–H and O–H groups in total. The molecule has 31 heavy (non-hydrogen) atoms. The van der Waals surface area contributed by atoms with E-state index in [1.807, 2.05) is 30.3 Å². The van der Waals surface area contributed by atoms with Crippen LogP contribution in [0.25, 0.3) is 17.4 Å². The Kier molecular flexibility index (Phi) is 5.20. The van der Waals surface area contributed by atoms with Gasteiger partial charge in [-0.3, -0.25) is 19.8 Å². The number of hydrogen-bond acceptors (Lipinski definition) is 4. The van der Waals surface area contributed by atoms with Gasteiger partial charge in [0.05, 0.1) is 11.3 Å². The van der Waals surface area contributed by atoms with Crippen LogP contribution >= 0.6 is 12.2 Å². The maximum absolute atomic E-state index is 13.1. The standard InChI is InChI=1S/C22H13F3N2O3S/c23-22(24,25)14-7-4-8-15(11-14)27-20(29)17(19(28)26-21(27)31)12-16-9-10-18(30-16)13-5-2-1-3-6-13/h1-12H,(H,26,28,31)/b17-12+. The minimum atomic E-state index is -4.60. The summed E-state index contributed by atoms with van der Waals surface area (Å²) < 4.78 is 44.9. The lowest BCUT2D eigenvalue weighted by molar-refractivity contribution is -0.137. The third-order valence-electron chi connectivity index (χ3n) is 4.51. The van der Waals surface area contributed by atoms with Crippen LogP contribution in [0, 0.1) is 0 Å². The molecule has 5 nitrogen and oxygen atoms in total. The number of thiocarbonyl (C=S) groups is 1. The monoisotopic (exact) mass is 442 g/mol. The molecule has 1 aromatic heterocycles. The van der Waals surface area contributed by atoms with Crippen LogP contribution in [0.4, 0.5) is 18.9 Å². The number of nitrogens with one attached hydrogen (secondary N) is 1. The van der Waals surface area contributed by atoms with Crippen molar-refractivity contribution in [1.29, 1.82) is 0 Å². The first-order valence-electron chi connectivity index (χ1n) is 8.98. The molecule has 0 unspecified atom stereocenters. The summed E-state index contributed by atoms with van der Waals surface area (Å²) in [5, 5.41) is 2.02. The summed E-state index contributed by atoms with van der Waals surface area (Å²) in [6.07, 6.45) is -3.37. The van der Waals surface area contributed by atoms with Crippen molar-refractivity contribution in [3.8, 4) is 11.3 Å². The van der Waals surface area contributed by atoms with Crippen molar-refractivity contribution in [2.24, 2.45) is 0 Å². The van der Waals surface area contributed by atoms with Gasteiger partial charge in [-0.25, -0.2) is 0 Å². The van der Waals surface area contributed by atoms with Gasteiger partial charge in [0.25, 0.3) is 11.8 Å². The van der Waals surface area contributed by atoms with Gasteiger partial charge in [0.1, 0.15) is 17.1 Å². The second kappa shape index (κ2) is 7.84. The third-order valence-corrected chi connectivity index (χ3v) is 4.79. The van der Waals surface area contributed by atoms with Gasteiger partial charge in [-0.15, -0.1) is 0 Å². The number of hydrogen-bond donors (Lipinski definition) is 1. The number of anilines is 1. The highest BCUT2D eigenvalue weighted by Gasteiger charge is 2.36. The van der Waals surface area contributed by atoms with E-state index in [4.69, 9.17) is 16.6 Å². The van der Waals surface area contributed by atoms with E-state index in [1.54, 1.807) is 12.1 Å². The highest BCUT2D eigenvalue weighted by molar-refractivity contribution is 7.80. The van der Waals surface area contributed by atoms with Crippen LogP contribution < -0.4 is 10.2 Å². The first-order chi connectivity index (χ1) is 14.7. The molecule has 0 bridgehead atoms. The SMILES string of the molecule is O=C1NC(=S)N(c2cccc(C(F)(F)F)c2)C(=O)/C1=C/c1ccc(-c2ccccc2)o1. The minimum Gasteiger partial charge on any atom is -0.457 e. The number of rotatable bonds is 3. The molecule has 2 amide bonds.